The average Bonchev–Trinajstić information content (AvgIpc) is 3.13. The van der Waals surface area contributed by atoms with Crippen LogP contribution in [-0.2, 0) is 0 Å². The first-order valence-corrected chi connectivity index (χ1v) is 9.33. The van der Waals surface area contributed by atoms with Crippen molar-refractivity contribution in [2.45, 2.75) is 31.2 Å². The Morgan fingerprint density at radius 1 is 1.15 bits per heavy atom. The minimum absolute atomic E-state index is 0.0456. The maximum Gasteiger partial charge on any atom is 0.324 e. The van der Waals surface area contributed by atoms with Gasteiger partial charge in [-0.25, -0.2) is 14.8 Å². The van der Waals surface area contributed by atoms with E-state index in [0.29, 0.717) is 12.0 Å². The number of aromatic nitrogens is 4. The first kappa shape index (κ1) is 15.6. The fourth-order valence-electron chi connectivity index (χ4n) is 3.83. The van der Waals surface area contributed by atoms with Crippen LogP contribution in [0.25, 0.3) is 0 Å². The molecule has 136 valence electrons. The number of anilines is 2. The lowest BCUT2D eigenvalue weighted by Gasteiger charge is -2.40. The number of likely N-dealkylation sites (N-methyl/N-ethyl adjacent to an activating group) is 1. The van der Waals surface area contributed by atoms with Crippen LogP contribution in [0.1, 0.15) is 36.9 Å². The maximum atomic E-state index is 12.1. The standard InChI is InChI=1S/C18H23N7O/c1-22-5-6-24(18(22)26)14-8-21-25(11-14)15-9-23(10-15)17-7-16(19-12-20-17)13-3-2-4-13/h7-8,11-13,15H,2-6,9-10H2,1H3. The van der Waals surface area contributed by atoms with Gasteiger partial charge in [0.15, 0.2) is 0 Å². The van der Waals surface area contributed by atoms with Crippen LogP contribution in [0.3, 0.4) is 0 Å². The van der Waals surface area contributed by atoms with E-state index in [-0.39, 0.29) is 6.03 Å². The summed E-state index contributed by atoms with van der Waals surface area (Å²) in [6.45, 7) is 3.26. The van der Waals surface area contributed by atoms with Crippen LogP contribution in [0.5, 0.6) is 0 Å². The molecule has 2 saturated heterocycles. The molecule has 0 aromatic carbocycles. The van der Waals surface area contributed by atoms with Gasteiger partial charge in [0.1, 0.15) is 12.1 Å². The van der Waals surface area contributed by atoms with Crippen molar-refractivity contribution in [3.05, 3.63) is 30.5 Å². The summed E-state index contributed by atoms with van der Waals surface area (Å²) in [5.41, 5.74) is 2.06. The summed E-state index contributed by atoms with van der Waals surface area (Å²) in [5.74, 6) is 1.64. The number of hydrogen-bond acceptors (Lipinski definition) is 5. The summed E-state index contributed by atoms with van der Waals surface area (Å²) >= 11 is 0. The fraction of sp³-hybridized carbons (Fsp3) is 0.556. The van der Waals surface area contributed by atoms with Gasteiger partial charge in [0.05, 0.1) is 17.9 Å². The lowest BCUT2D eigenvalue weighted by molar-refractivity contribution is 0.229. The molecule has 1 saturated carbocycles. The van der Waals surface area contributed by atoms with E-state index in [1.807, 2.05) is 17.9 Å². The largest absolute Gasteiger partial charge is 0.352 e. The number of hydrogen-bond donors (Lipinski definition) is 0. The Balaban J connectivity index is 1.24. The Kier molecular flexibility index (Phi) is 3.58. The average molecular weight is 353 g/mol. The van der Waals surface area contributed by atoms with Gasteiger partial charge in [-0.05, 0) is 12.8 Å². The van der Waals surface area contributed by atoms with Crippen molar-refractivity contribution >= 4 is 17.5 Å². The Labute approximate surface area is 152 Å². The molecule has 4 heterocycles. The fourth-order valence-corrected chi connectivity index (χ4v) is 3.83. The summed E-state index contributed by atoms with van der Waals surface area (Å²) in [7, 11) is 1.83. The monoisotopic (exact) mass is 353 g/mol. The zero-order valence-corrected chi connectivity index (χ0v) is 15.0. The van der Waals surface area contributed by atoms with Crippen LogP contribution in [0.15, 0.2) is 24.8 Å². The van der Waals surface area contributed by atoms with Crippen LogP contribution in [-0.4, -0.2) is 63.9 Å². The van der Waals surface area contributed by atoms with Gasteiger partial charge >= 0.3 is 6.03 Å². The number of amides is 2. The minimum Gasteiger partial charge on any atom is -0.352 e. The molecule has 26 heavy (non-hydrogen) atoms. The van der Waals surface area contributed by atoms with Crippen LogP contribution in [0.4, 0.5) is 16.3 Å². The van der Waals surface area contributed by atoms with E-state index >= 15 is 0 Å². The van der Waals surface area contributed by atoms with Crippen molar-refractivity contribution in [2.24, 2.45) is 0 Å². The third-order valence-electron chi connectivity index (χ3n) is 5.87. The van der Waals surface area contributed by atoms with Gasteiger partial charge in [-0.3, -0.25) is 9.58 Å². The highest BCUT2D eigenvalue weighted by Gasteiger charge is 2.33. The number of rotatable bonds is 4. The number of carbonyl (C=O) groups is 1. The molecule has 0 unspecified atom stereocenters. The molecule has 1 aliphatic carbocycles. The molecule has 3 aliphatic rings. The highest BCUT2D eigenvalue weighted by Crippen LogP contribution is 2.36. The molecule has 8 heteroatoms. The molecule has 2 aliphatic heterocycles. The molecular weight excluding hydrogens is 330 g/mol. The summed E-state index contributed by atoms with van der Waals surface area (Å²) in [4.78, 5) is 26.8. The first-order valence-electron chi connectivity index (χ1n) is 9.33. The minimum atomic E-state index is 0.0456. The SMILES string of the molecule is CN1CCN(c2cnn(C3CN(c4cc(C5CCC5)ncn4)C3)c2)C1=O. The summed E-state index contributed by atoms with van der Waals surface area (Å²) in [6, 6.07) is 2.51. The van der Waals surface area contributed by atoms with Crippen LogP contribution < -0.4 is 9.80 Å². The molecule has 2 amide bonds. The third-order valence-corrected chi connectivity index (χ3v) is 5.87. The second-order valence-electron chi connectivity index (χ2n) is 7.52. The molecule has 0 atom stereocenters. The van der Waals surface area contributed by atoms with Crippen LogP contribution in [0.2, 0.25) is 0 Å². The van der Waals surface area contributed by atoms with Gasteiger partial charge in [0.2, 0.25) is 0 Å². The second kappa shape index (κ2) is 5.96. The summed E-state index contributed by atoms with van der Waals surface area (Å²) in [6.07, 6.45) is 9.28. The van der Waals surface area contributed by atoms with E-state index in [0.717, 1.165) is 37.7 Å². The zero-order chi connectivity index (χ0) is 17.7. The Hall–Kier alpha value is -2.64. The number of urea groups is 1. The van der Waals surface area contributed by atoms with Crippen LogP contribution >= 0.6 is 0 Å². The molecular formula is C18H23N7O. The predicted octanol–water partition coefficient (Wildman–Crippen LogP) is 1.87. The molecule has 2 aromatic heterocycles. The lowest BCUT2D eigenvalue weighted by atomic mass is 9.83. The van der Waals surface area contributed by atoms with E-state index in [1.165, 1.54) is 25.0 Å². The van der Waals surface area contributed by atoms with Gasteiger partial charge < -0.3 is 9.80 Å². The van der Waals surface area contributed by atoms with Crippen LogP contribution in [0, 0.1) is 0 Å². The Morgan fingerprint density at radius 3 is 2.69 bits per heavy atom. The van der Waals surface area contributed by atoms with E-state index < -0.39 is 0 Å². The molecule has 3 fully saturated rings. The van der Waals surface area contributed by atoms with Crippen molar-refractivity contribution in [3.8, 4) is 0 Å². The van der Waals surface area contributed by atoms with E-state index in [1.54, 1.807) is 22.3 Å². The highest BCUT2D eigenvalue weighted by atomic mass is 16.2. The normalized spacial score (nSPS) is 21.3. The van der Waals surface area contributed by atoms with E-state index in [9.17, 15) is 4.79 Å². The number of nitrogens with zero attached hydrogens (tertiary/aromatic N) is 7. The molecule has 0 N–H and O–H groups in total. The smallest absolute Gasteiger partial charge is 0.324 e. The predicted molar refractivity (Wildman–Crippen MR) is 97.5 cm³/mol. The molecule has 5 rings (SSSR count). The van der Waals surface area contributed by atoms with Crippen molar-refractivity contribution in [1.82, 2.24) is 24.6 Å². The quantitative estimate of drug-likeness (QED) is 0.839. The topological polar surface area (TPSA) is 70.4 Å². The molecule has 8 nitrogen and oxygen atoms in total. The molecule has 2 aromatic rings. The van der Waals surface area contributed by atoms with Crippen molar-refractivity contribution in [3.63, 3.8) is 0 Å². The lowest BCUT2D eigenvalue weighted by Crippen LogP contribution is -2.48. The zero-order valence-electron chi connectivity index (χ0n) is 15.0. The Bertz CT molecular complexity index is 824. The maximum absolute atomic E-state index is 12.1. The van der Waals surface area contributed by atoms with Gasteiger partial charge in [-0.1, -0.05) is 6.42 Å². The van der Waals surface area contributed by atoms with E-state index in [4.69, 9.17) is 0 Å². The number of carbonyl (C=O) groups excluding carboxylic acids is 1. The molecule has 0 radical (unpaired) electrons. The van der Waals surface area contributed by atoms with Gasteiger partial charge in [0, 0.05) is 57.1 Å². The highest BCUT2D eigenvalue weighted by molar-refractivity contribution is 5.93. The van der Waals surface area contributed by atoms with E-state index in [2.05, 4.69) is 26.0 Å². The third kappa shape index (κ3) is 2.51. The first-order chi connectivity index (χ1) is 12.7. The van der Waals surface area contributed by atoms with Crippen molar-refractivity contribution in [1.29, 1.82) is 0 Å². The summed E-state index contributed by atoms with van der Waals surface area (Å²) in [5, 5.41) is 4.48. The Morgan fingerprint density at radius 2 is 2.00 bits per heavy atom. The molecule has 0 spiro atoms. The molecule has 0 bridgehead atoms. The van der Waals surface area contributed by atoms with Gasteiger partial charge in [0.25, 0.3) is 0 Å². The summed E-state index contributed by atoms with van der Waals surface area (Å²) < 4.78 is 1.98. The van der Waals surface area contributed by atoms with Gasteiger partial charge in [-0.2, -0.15) is 5.10 Å². The second-order valence-corrected chi connectivity index (χ2v) is 7.52. The van der Waals surface area contributed by atoms with Crippen molar-refractivity contribution < 1.29 is 4.79 Å². The van der Waals surface area contributed by atoms with Crippen molar-refractivity contribution in [2.75, 3.05) is 43.0 Å². The van der Waals surface area contributed by atoms with Gasteiger partial charge in [-0.15, -0.1) is 0 Å².